The summed E-state index contributed by atoms with van der Waals surface area (Å²) in [6.07, 6.45) is -2.42. The molecule has 2 rings (SSSR count). The maximum atomic E-state index is 12.2. The van der Waals surface area contributed by atoms with Gasteiger partial charge in [0.05, 0.1) is 0 Å². The number of alkyl halides is 4. The van der Waals surface area contributed by atoms with Gasteiger partial charge in [0.15, 0.2) is 5.78 Å². The van der Waals surface area contributed by atoms with Gasteiger partial charge in [0.25, 0.3) is 0 Å². The van der Waals surface area contributed by atoms with E-state index in [1.165, 1.54) is 18.2 Å². The Morgan fingerprint density at radius 2 is 2.00 bits per heavy atom. The summed E-state index contributed by atoms with van der Waals surface area (Å²) in [5, 5.41) is 0. The lowest BCUT2D eigenvalue weighted by Crippen LogP contribution is -2.33. The molecule has 0 bridgehead atoms. The van der Waals surface area contributed by atoms with E-state index in [0.29, 0.717) is 18.4 Å². The van der Waals surface area contributed by atoms with Gasteiger partial charge in [-0.15, -0.1) is 24.8 Å². The lowest BCUT2D eigenvalue weighted by atomic mass is 9.82. The van der Waals surface area contributed by atoms with Crippen LogP contribution < -0.4 is 4.74 Å². The number of Topliss-reactive ketones (excluding diaryl/α,β-unsaturated/α-hetero) is 1. The van der Waals surface area contributed by atoms with Crippen LogP contribution in [0.4, 0.5) is 13.2 Å². The minimum Gasteiger partial charge on any atom is -0.406 e. The molecule has 1 aliphatic rings. The van der Waals surface area contributed by atoms with Gasteiger partial charge < -0.3 is 4.74 Å². The molecular formula is C13H12ClF3O2. The highest BCUT2D eigenvalue weighted by Crippen LogP contribution is 2.41. The average Bonchev–Trinajstić information content (AvgIpc) is 2.31. The first-order valence-corrected chi connectivity index (χ1v) is 6.27. The Morgan fingerprint density at radius 3 is 2.63 bits per heavy atom. The molecule has 0 amide bonds. The van der Waals surface area contributed by atoms with Crippen molar-refractivity contribution in [2.24, 2.45) is 0 Å². The fourth-order valence-corrected chi connectivity index (χ4v) is 2.58. The fraction of sp³-hybridized carbons (Fsp3) is 0.462. The molecule has 1 aromatic rings. The Hall–Kier alpha value is -1.23. The van der Waals surface area contributed by atoms with Crippen molar-refractivity contribution in [3.05, 3.63) is 29.8 Å². The van der Waals surface area contributed by atoms with Crippen molar-refractivity contribution in [2.75, 3.05) is 0 Å². The highest BCUT2D eigenvalue weighted by molar-refractivity contribution is 6.35. The molecule has 0 aliphatic heterocycles. The van der Waals surface area contributed by atoms with Crippen LogP contribution in [-0.4, -0.2) is 12.1 Å². The summed E-state index contributed by atoms with van der Waals surface area (Å²) in [6, 6.07) is 5.33. The summed E-state index contributed by atoms with van der Waals surface area (Å²) in [7, 11) is 0. The Balaban J connectivity index is 2.30. The Labute approximate surface area is 113 Å². The summed E-state index contributed by atoms with van der Waals surface area (Å²) >= 11 is 6.31. The van der Waals surface area contributed by atoms with Crippen LogP contribution in [0.1, 0.15) is 31.2 Å². The predicted octanol–water partition coefficient (Wildman–Crippen LogP) is 4.16. The first-order valence-electron chi connectivity index (χ1n) is 5.90. The molecule has 104 valence electrons. The summed E-state index contributed by atoms with van der Waals surface area (Å²) in [4.78, 5) is 10.7. The zero-order valence-electron chi connectivity index (χ0n) is 9.97. The maximum Gasteiger partial charge on any atom is 0.573 e. The van der Waals surface area contributed by atoms with E-state index in [0.717, 1.165) is 12.8 Å². The van der Waals surface area contributed by atoms with Gasteiger partial charge in [-0.1, -0.05) is 18.6 Å². The van der Waals surface area contributed by atoms with Crippen molar-refractivity contribution < 1.29 is 22.7 Å². The monoisotopic (exact) mass is 292 g/mol. The van der Waals surface area contributed by atoms with Crippen LogP contribution in [0.3, 0.4) is 0 Å². The summed E-state index contributed by atoms with van der Waals surface area (Å²) in [5.41, 5.74) is 0.362. The van der Waals surface area contributed by atoms with Crippen LogP contribution in [0.15, 0.2) is 24.3 Å². The van der Waals surface area contributed by atoms with Crippen LogP contribution in [0.25, 0.3) is 0 Å². The lowest BCUT2D eigenvalue weighted by Gasteiger charge is -2.30. The van der Waals surface area contributed by atoms with Crippen molar-refractivity contribution in [1.29, 1.82) is 0 Å². The Morgan fingerprint density at radius 1 is 1.26 bits per heavy atom. The van der Waals surface area contributed by atoms with Gasteiger partial charge in [-0.2, -0.15) is 0 Å². The van der Waals surface area contributed by atoms with Gasteiger partial charge in [-0.25, -0.2) is 0 Å². The van der Waals surface area contributed by atoms with E-state index in [-0.39, 0.29) is 11.5 Å². The van der Waals surface area contributed by atoms with Crippen molar-refractivity contribution >= 4 is 17.4 Å². The van der Waals surface area contributed by atoms with Gasteiger partial charge in [0.2, 0.25) is 0 Å². The third-order valence-corrected chi connectivity index (χ3v) is 3.76. The second-order valence-electron chi connectivity index (χ2n) is 4.51. The van der Waals surface area contributed by atoms with Crippen molar-refractivity contribution in [1.82, 2.24) is 0 Å². The van der Waals surface area contributed by atoms with Gasteiger partial charge in [0.1, 0.15) is 10.6 Å². The van der Waals surface area contributed by atoms with Crippen molar-refractivity contribution in [3.63, 3.8) is 0 Å². The number of hydrogen-bond acceptors (Lipinski definition) is 2. The van der Waals surface area contributed by atoms with Gasteiger partial charge in [-0.3, -0.25) is 4.79 Å². The summed E-state index contributed by atoms with van der Waals surface area (Å²) in [5.74, 6) is -0.507. The normalized spacial score (nSPS) is 24.3. The molecule has 1 saturated carbocycles. The van der Waals surface area contributed by atoms with Gasteiger partial charge in [-0.05, 0) is 30.5 Å². The van der Waals surface area contributed by atoms with Crippen LogP contribution >= 0.6 is 11.6 Å². The van der Waals surface area contributed by atoms with E-state index in [1.807, 2.05) is 0 Å². The third-order valence-electron chi connectivity index (χ3n) is 3.14. The minimum absolute atomic E-state index is 0.149. The standard InChI is InChI=1S/C13H12ClF3O2/c14-12(7-2-1-6-11(12)18)9-4-3-5-10(8-9)19-13(15,16)17/h3-5,8H,1-2,6-7H2. The van der Waals surface area contributed by atoms with E-state index >= 15 is 0 Å². The number of rotatable bonds is 2. The van der Waals surface area contributed by atoms with E-state index in [1.54, 1.807) is 6.07 Å². The van der Waals surface area contributed by atoms with Crippen molar-refractivity contribution in [2.45, 2.75) is 36.9 Å². The largest absolute Gasteiger partial charge is 0.573 e. The van der Waals surface area contributed by atoms with Crippen molar-refractivity contribution in [3.8, 4) is 5.75 Å². The molecule has 1 aliphatic carbocycles. The van der Waals surface area contributed by atoms with Crippen LogP contribution in [0.2, 0.25) is 0 Å². The Kier molecular flexibility index (Phi) is 3.76. The quantitative estimate of drug-likeness (QED) is 0.765. The molecule has 19 heavy (non-hydrogen) atoms. The van der Waals surface area contributed by atoms with E-state index < -0.39 is 11.2 Å². The lowest BCUT2D eigenvalue weighted by molar-refractivity contribution is -0.274. The first kappa shape index (κ1) is 14.2. The van der Waals surface area contributed by atoms with E-state index in [2.05, 4.69) is 4.74 Å². The molecule has 2 nitrogen and oxygen atoms in total. The molecule has 1 fully saturated rings. The van der Waals surface area contributed by atoms with Crippen LogP contribution in [0, 0.1) is 0 Å². The molecule has 1 atom stereocenters. The molecule has 0 heterocycles. The Bertz CT molecular complexity index is 487. The topological polar surface area (TPSA) is 26.3 Å². The van der Waals surface area contributed by atoms with Gasteiger partial charge in [0, 0.05) is 6.42 Å². The maximum absolute atomic E-state index is 12.2. The molecular weight excluding hydrogens is 281 g/mol. The summed E-state index contributed by atoms with van der Waals surface area (Å²) in [6.45, 7) is 0. The van der Waals surface area contributed by atoms with Gasteiger partial charge >= 0.3 is 6.36 Å². The highest BCUT2D eigenvalue weighted by atomic mass is 35.5. The molecule has 6 heteroatoms. The number of carbonyl (C=O) groups is 1. The number of halogens is 4. The molecule has 0 aromatic heterocycles. The minimum atomic E-state index is -4.76. The highest BCUT2D eigenvalue weighted by Gasteiger charge is 2.40. The molecule has 0 spiro atoms. The first-order chi connectivity index (χ1) is 8.81. The summed E-state index contributed by atoms with van der Waals surface area (Å²) < 4.78 is 40.3. The van der Waals surface area contributed by atoms with E-state index in [4.69, 9.17) is 11.6 Å². The zero-order chi connectivity index (χ0) is 14.1. The fourth-order valence-electron chi connectivity index (χ4n) is 2.24. The second-order valence-corrected chi connectivity index (χ2v) is 5.15. The SMILES string of the molecule is O=C1CCCCC1(Cl)c1cccc(OC(F)(F)F)c1. The average molecular weight is 293 g/mol. The number of ether oxygens (including phenoxy) is 1. The van der Waals surface area contributed by atoms with Crippen LogP contribution in [0.5, 0.6) is 5.75 Å². The number of ketones is 1. The van der Waals surface area contributed by atoms with E-state index in [9.17, 15) is 18.0 Å². The smallest absolute Gasteiger partial charge is 0.406 e. The molecule has 0 radical (unpaired) electrons. The van der Waals surface area contributed by atoms with Crippen LogP contribution in [-0.2, 0) is 9.67 Å². The number of carbonyl (C=O) groups excluding carboxylic acids is 1. The number of hydrogen-bond donors (Lipinski definition) is 0. The number of benzene rings is 1. The second kappa shape index (κ2) is 5.04. The zero-order valence-corrected chi connectivity index (χ0v) is 10.7. The third kappa shape index (κ3) is 3.21. The molecule has 0 N–H and O–H groups in total. The molecule has 1 aromatic carbocycles. The predicted molar refractivity (Wildman–Crippen MR) is 64.1 cm³/mol. The molecule has 1 unspecified atom stereocenters. The molecule has 0 saturated heterocycles.